The first-order valence-electron chi connectivity index (χ1n) is 26.3. The van der Waals surface area contributed by atoms with Gasteiger partial charge in [-0.25, -0.2) is 23.7 Å². The smallest absolute Gasteiger partial charge is 0.179 e. The average Bonchev–Trinajstić information content (AvgIpc) is 4.43. The Labute approximate surface area is 482 Å². The van der Waals surface area contributed by atoms with Gasteiger partial charge in [0.2, 0.25) is 0 Å². The van der Waals surface area contributed by atoms with Crippen molar-refractivity contribution in [1.29, 1.82) is 0 Å². The molecule has 1 aliphatic carbocycles. The number of pyridine rings is 3. The van der Waals surface area contributed by atoms with Gasteiger partial charge in [-0.1, -0.05) is 121 Å². The van der Waals surface area contributed by atoms with Gasteiger partial charge < -0.3 is 17.2 Å². The number of thiophene rings is 4. The van der Waals surface area contributed by atoms with E-state index in [1.54, 1.807) is 35.6 Å². The zero-order chi connectivity index (χ0) is 56.1. The molecule has 402 valence electrons. The third kappa shape index (κ3) is 11.8. The molecule has 81 heavy (non-hydrogen) atoms. The number of nitrogen functional groups attached to an aromatic ring is 3. The number of Topliss-reactive ketones (excluding diaryl/α,β-unsaturated/α-hetero) is 3. The van der Waals surface area contributed by atoms with Crippen LogP contribution in [0, 0.1) is 18.6 Å². The lowest BCUT2D eigenvalue weighted by Gasteiger charge is -2.20. The molecule has 0 bridgehead atoms. The number of benzene rings is 5. The first-order chi connectivity index (χ1) is 39.4. The fourth-order valence-electron chi connectivity index (χ4n) is 10.1. The second-order valence-electron chi connectivity index (χ2n) is 19.6. The van der Waals surface area contributed by atoms with Gasteiger partial charge in [0.05, 0.1) is 42.3 Å². The Bertz CT molecular complexity index is 4260. The quantitative estimate of drug-likeness (QED) is 0.101. The molecule has 0 atom stereocenters. The molecule has 0 radical (unpaired) electrons. The minimum Gasteiger partial charge on any atom is -0.397 e. The topological polar surface area (TPSA) is 168 Å². The van der Waals surface area contributed by atoms with Crippen molar-refractivity contribution in [2.75, 3.05) is 17.2 Å². The molecule has 0 amide bonds. The molecule has 7 aromatic heterocycles. The predicted octanol–water partition coefficient (Wildman–Crippen LogP) is 16.4. The Morgan fingerprint density at radius 3 is 1.59 bits per heavy atom. The third-order valence-electron chi connectivity index (χ3n) is 14.0. The molecule has 0 unspecified atom stereocenters. The second kappa shape index (κ2) is 24.0. The molecule has 7 heterocycles. The van der Waals surface area contributed by atoms with Crippen LogP contribution in [0.5, 0.6) is 0 Å². The second-order valence-corrected chi connectivity index (χ2v) is 23.6. The molecule has 0 aliphatic heterocycles. The van der Waals surface area contributed by atoms with E-state index in [4.69, 9.17) is 22.2 Å². The lowest BCUT2D eigenvalue weighted by atomic mass is 9.87. The molecule has 0 saturated heterocycles. The van der Waals surface area contributed by atoms with Gasteiger partial charge in [0.25, 0.3) is 0 Å². The number of ketones is 3. The summed E-state index contributed by atoms with van der Waals surface area (Å²) in [6.07, 6.45) is 4.94. The van der Waals surface area contributed by atoms with E-state index < -0.39 is 0 Å². The van der Waals surface area contributed by atoms with Gasteiger partial charge in [-0.15, -0.1) is 45.3 Å². The van der Waals surface area contributed by atoms with Crippen molar-refractivity contribution in [2.24, 2.45) is 0 Å². The highest BCUT2D eigenvalue weighted by molar-refractivity contribution is 7.22. The summed E-state index contributed by atoms with van der Waals surface area (Å²) in [5, 5.41) is 4.58. The first kappa shape index (κ1) is 54.4. The van der Waals surface area contributed by atoms with Gasteiger partial charge in [-0.3, -0.25) is 14.4 Å². The Morgan fingerprint density at radius 2 is 1.01 bits per heavy atom. The molecule has 5 aromatic carbocycles. The summed E-state index contributed by atoms with van der Waals surface area (Å²) in [5.41, 5.74) is 31.8. The molecule has 15 heteroatoms. The molecule has 1 aliphatic rings. The number of carbonyl (C=O) groups is 3. The van der Waals surface area contributed by atoms with Crippen LogP contribution in [0.25, 0.3) is 63.5 Å². The maximum atomic E-state index is 13.2. The van der Waals surface area contributed by atoms with Gasteiger partial charge in [0.1, 0.15) is 26.1 Å². The third-order valence-corrected chi connectivity index (χ3v) is 18.3. The molecule has 0 fully saturated rings. The lowest BCUT2D eigenvalue weighted by Crippen LogP contribution is -2.08. The summed E-state index contributed by atoms with van der Waals surface area (Å²) >= 11 is 5.69. The summed E-state index contributed by atoms with van der Waals surface area (Å²) in [6, 6.07) is 51.9. The highest BCUT2D eigenvalue weighted by Crippen LogP contribution is 2.45. The number of fused-ring (bicyclic) bond motifs is 4. The monoisotopic (exact) mass is 1140 g/mol. The number of nitrogens with two attached hydrogens (primary N) is 3. The zero-order valence-corrected chi connectivity index (χ0v) is 47.1. The Kier molecular flexibility index (Phi) is 16.1. The van der Waals surface area contributed by atoms with Gasteiger partial charge in [0.15, 0.2) is 17.3 Å². The summed E-state index contributed by atoms with van der Waals surface area (Å²) < 4.78 is 26.2. The average molecular weight is 1140 g/mol. The van der Waals surface area contributed by atoms with Crippen LogP contribution < -0.4 is 17.2 Å². The van der Waals surface area contributed by atoms with Gasteiger partial charge in [0, 0.05) is 46.8 Å². The number of aryl methyl sites for hydroxylation is 2. The van der Waals surface area contributed by atoms with Crippen molar-refractivity contribution >= 4 is 110 Å². The van der Waals surface area contributed by atoms with Crippen LogP contribution in [0.15, 0.2) is 175 Å². The number of rotatable bonds is 12. The lowest BCUT2D eigenvalue weighted by molar-refractivity contribution is 0.0989. The Morgan fingerprint density at radius 1 is 0.506 bits per heavy atom. The zero-order valence-electron chi connectivity index (χ0n) is 43.9. The fourth-order valence-corrected chi connectivity index (χ4v) is 14.0. The van der Waals surface area contributed by atoms with Crippen molar-refractivity contribution < 1.29 is 23.2 Å². The number of anilines is 3. The van der Waals surface area contributed by atoms with E-state index in [0.717, 1.165) is 117 Å². The van der Waals surface area contributed by atoms with Gasteiger partial charge in [-0.2, -0.15) is 0 Å². The van der Waals surface area contributed by atoms with E-state index in [1.807, 2.05) is 109 Å². The van der Waals surface area contributed by atoms with E-state index in [9.17, 15) is 23.2 Å². The van der Waals surface area contributed by atoms with Crippen molar-refractivity contribution in [2.45, 2.75) is 51.9 Å². The molecule has 0 spiro atoms. The largest absolute Gasteiger partial charge is 0.397 e. The van der Waals surface area contributed by atoms with Crippen molar-refractivity contribution in [3.63, 3.8) is 0 Å². The highest BCUT2D eigenvalue weighted by atomic mass is 32.1. The van der Waals surface area contributed by atoms with Crippen molar-refractivity contribution in [3.8, 4) is 32.8 Å². The normalized spacial score (nSPS) is 11.9. The van der Waals surface area contributed by atoms with Crippen LogP contribution in [0.4, 0.5) is 25.8 Å². The van der Waals surface area contributed by atoms with Crippen molar-refractivity contribution in [3.05, 3.63) is 235 Å². The summed E-state index contributed by atoms with van der Waals surface area (Å²) in [5.74, 6) is -0.727. The Hall–Kier alpha value is -8.60. The number of hydrogen-bond acceptors (Lipinski definition) is 13. The molecule has 9 nitrogen and oxygen atoms in total. The molecular weight excluding hydrogens is 1090 g/mol. The minimum absolute atomic E-state index is 0.0355. The van der Waals surface area contributed by atoms with Crippen LogP contribution >= 0.6 is 45.3 Å². The van der Waals surface area contributed by atoms with E-state index in [1.165, 1.54) is 63.8 Å². The van der Waals surface area contributed by atoms with Crippen LogP contribution in [0.1, 0.15) is 75.5 Å². The first-order valence-corrected chi connectivity index (χ1v) is 29.6. The van der Waals surface area contributed by atoms with Gasteiger partial charge in [-0.05, 0) is 131 Å². The molecule has 0 saturated carbocycles. The molecule has 12 aromatic rings. The highest BCUT2D eigenvalue weighted by Gasteiger charge is 2.27. The van der Waals surface area contributed by atoms with E-state index in [-0.39, 0.29) is 41.8 Å². The van der Waals surface area contributed by atoms with Gasteiger partial charge >= 0.3 is 0 Å². The minimum atomic E-state index is -0.317. The molecular formula is C66H52F2N6O3S4. The summed E-state index contributed by atoms with van der Waals surface area (Å²) in [7, 11) is 0. The van der Waals surface area contributed by atoms with Crippen LogP contribution in [0.2, 0.25) is 0 Å². The number of nitrogens with zero attached hydrogens (tertiary/aromatic N) is 3. The number of aromatic nitrogens is 3. The SMILES string of the molecule is Cc1cc(-c2ccccc2)c2c(N)c(C(=O)Cc3ccccc3)sc2n1.Nc1c(C(=O)Cc2ccc(F)cc2)sc2nc(-c3cccs3)ccc12.Nc1c(C(=O)Cc2ccc(F)cc2)sc2nc3c(c(-c4ccccc4)c12)CCCC3. The van der Waals surface area contributed by atoms with Crippen LogP contribution in [-0.4, -0.2) is 32.3 Å². The fraction of sp³-hybridized carbons (Fsp3) is 0.121. The maximum absolute atomic E-state index is 13.2. The van der Waals surface area contributed by atoms with E-state index in [2.05, 4.69) is 34.2 Å². The Balaban J connectivity index is 0.000000128. The van der Waals surface area contributed by atoms with Crippen molar-refractivity contribution in [1.82, 2.24) is 15.0 Å². The van der Waals surface area contributed by atoms with E-state index in [0.29, 0.717) is 38.1 Å². The molecule has 13 rings (SSSR count). The van der Waals surface area contributed by atoms with Crippen LogP contribution in [-0.2, 0) is 32.1 Å². The number of hydrogen-bond donors (Lipinski definition) is 3. The number of halogens is 2. The number of carbonyl (C=O) groups excluding carboxylic acids is 3. The predicted molar refractivity (Wildman–Crippen MR) is 331 cm³/mol. The van der Waals surface area contributed by atoms with E-state index >= 15 is 0 Å². The summed E-state index contributed by atoms with van der Waals surface area (Å²) in [6.45, 7) is 1.97. The van der Waals surface area contributed by atoms with Crippen LogP contribution in [0.3, 0.4) is 0 Å². The maximum Gasteiger partial charge on any atom is 0.179 e. The summed E-state index contributed by atoms with van der Waals surface area (Å²) in [4.78, 5) is 57.8. The molecule has 6 N–H and O–H groups in total. The standard InChI is InChI=1S/C25H21FN2OS.C22H18N2OS.C19H13FN2OS2/c26-17-12-10-15(11-13-17)14-20(29)24-23(27)22-21(16-6-2-1-3-7-16)18-8-4-5-9-19(18)28-25(22)30-24;1-14-12-17(16-10-6-3-7-11-16)19-20(23)21(26-22(19)24-14)18(25)13-15-8-4-2-5-9-15;20-12-5-3-11(4-6-12)10-15(23)18-17(21)13-7-8-14(22-19(13)25-18)16-2-1-9-24-16/h1-3,6-7,10-13H,4-5,8-9,14,27H2;2-12H,13,23H2,1H3;1-9H,10,21H2.